The van der Waals surface area contributed by atoms with E-state index in [1.165, 1.54) is 32.1 Å². The topological polar surface area (TPSA) is 30.5 Å². The first-order valence-electron chi connectivity index (χ1n) is 7.68. The van der Waals surface area contributed by atoms with Crippen molar-refractivity contribution < 1.29 is 9.47 Å². The summed E-state index contributed by atoms with van der Waals surface area (Å²) in [5, 5.41) is 3.77. The second-order valence-electron chi connectivity index (χ2n) is 5.90. The molecule has 0 aromatic rings. The van der Waals surface area contributed by atoms with Gasteiger partial charge in [-0.25, -0.2) is 0 Å². The summed E-state index contributed by atoms with van der Waals surface area (Å²) >= 11 is 0. The summed E-state index contributed by atoms with van der Waals surface area (Å²) in [4.78, 5) is 0. The monoisotopic (exact) mass is 255 g/mol. The maximum atomic E-state index is 5.94. The highest BCUT2D eigenvalue weighted by Gasteiger charge is 2.56. The van der Waals surface area contributed by atoms with Gasteiger partial charge in [-0.15, -0.1) is 0 Å². The predicted octanol–water partition coefficient (Wildman–Crippen LogP) is 2.74. The van der Waals surface area contributed by atoms with E-state index in [-0.39, 0.29) is 0 Å². The van der Waals surface area contributed by atoms with Gasteiger partial charge in [0.15, 0.2) is 0 Å². The third kappa shape index (κ3) is 2.73. The fourth-order valence-electron chi connectivity index (χ4n) is 3.81. The maximum Gasteiger partial charge on any atom is 0.0661 e. The average molecular weight is 255 g/mol. The molecule has 0 aliphatic heterocycles. The van der Waals surface area contributed by atoms with Gasteiger partial charge in [-0.3, -0.25) is 0 Å². The molecule has 2 fully saturated rings. The fraction of sp³-hybridized carbons (Fsp3) is 1.00. The third-order valence-electron chi connectivity index (χ3n) is 4.74. The number of rotatable bonds is 7. The lowest BCUT2D eigenvalue weighted by Crippen LogP contribution is -2.64. The van der Waals surface area contributed by atoms with Gasteiger partial charge in [-0.2, -0.15) is 0 Å². The van der Waals surface area contributed by atoms with Crippen LogP contribution in [-0.2, 0) is 9.47 Å². The summed E-state index contributed by atoms with van der Waals surface area (Å²) in [6, 6.07) is 1.10. The van der Waals surface area contributed by atoms with Crippen LogP contribution in [0.1, 0.15) is 52.9 Å². The lowest BCUT2D eigenvalue weighted by molar-refractivity contribution is -0.133. The van der Waals surface area contributed by atoms with Crippen LogP contribution in [0.2, 0.25) is 0 Å². The summed E-state index contributed by atoms with van der Waals surface area (Å²) in [7, 11) is 0. The smallest absolute Gasteiger partial charge is 0.0661 e. The maximum absolute atomic E-state index is 5.94. The highest BCUT2D eigenvalue weighted by Crippen LogP contribution is 2.54. The minimum absolute atomic E-state index is 0.441. The van der Waals surface area contributed by atoms with Crippen molar-refractivity contribution in [1.82, 2.24) is 5.32 Å². The van der Waals surface area contributed by atoms with Gasteiger partial charge in [0, 0.05) is 30.7 Å². The van der Waals surface area contributed by atoms with E-state index < -0.39 is 0 Å². The van der Waals surface area contributed by atoms with Gasteiger partial charge in [0.25, 0.3) is 0 Å². The predicted molar refractivity (Wildman–Crippen MR) is 73.8 cm³/mol. The molecule has 0 aromatic carbocycles. The minimum atomic E-state index is 0.441. The Morgan fingerprint density at radius 2 is 1.94 bits per heavy atom. The summed E-state index contributed by atoms with van der Waals surface area (Å²) in [5.41, 5.74) is 0.441. The molecule has 3 nitrogen and oxygen atoms in total. The molecule has 2 rings (SSSR count). The lowest BCUT2D eigenvalue weighted by atomic mass is 9.60. The van der Waals surface area contributed by atoms with E-state index in [2.05, 4.69) is 26.1 Å². The van der Waals surface area contributed by atoms with E-state index in [9.17, 15) is 0 Å². The van der Waals surface area contributed by atoms with Gasteiger partial charge >= 0.3 is 0 Å². The van der Waals surface area contributed by atoms with Crippen molar-refractivity contribution in [2.45, 2.75) is 71.1 Å². The first kappa shape index (κ1) is 14.3. The zero-order chi connectivity index (χ0) is 13.0. The van der Waals surface area contributed by atoms with Gasteiger partial charge in [-0.05, 0) is 40.0 Å². The summed E-state index contributed by atoms with van der Waals surface area (Å²) in [5.74, 6) is 0. The molecule has 0 radical (unpaired) electrons. The lowest BCUT2D eigenvalue weighted by Gasteiger charge is -2.55. The Bertz CT molecular complexity index is 251. The first-order valence-corrected chi connectivity index (χ1v) is 7.68. The van der Waals surface area contributed by atoms with Gasteiger partial charge in [0.2, 0.25) is 0 Å². The Labute approximate surface area is 112 Å². The van der Waals surface area contributed by atoms with E-state index in [0.29, 0.717) is 23.6 Å². The molecular formula is C15H29NO2. The van der Waals surface area contributed by atoms with E-state index in [0.717, 1.165) is 19.8 Å². The Morgan fingerprint density at radius 1 is 1.22 bits per heavy atom. The van der Waals surface area contributed by atoms with Crippen LogP contribution in [0.3, 0.4) is 0 Å². The molecule has 3 unspecified atom stereocenters. The largest absolute Gasteiger partial charge is 0.380 e. The van der Waals surface area contributed by atoms with E-state index in [1.807, 2.05) is 0 Å². The van der Waals surface area contributed by atoms with Crippen LogP contribution in [0.5, 0.6) is 0 Å². The summed E-state index contributed by atoms with van der Waals surface area (Å²) in [6.07, 6.45) is 7.13. The normalized spacial score (nSPS) is 31.5. The number of ether oxygens (including phenoxy) is 2. The van der Waals surface area contributed by atoms with Gasteiger partial charge in [0.1, 0.15) is 0 Å². The van der Waals surface area contributed by atoms with Crippen LogP contribution >= 0.6 is 0 Å². The first-order chi connectivity index (χ1) is 8.73. The SMILES string of the molecule is CCOCC(C)NC1CC(OCC)C12CCCC2. The second-order valence-corrected chi connectivity index (χ2v) is 5.90. The van der Waals surface area contributed by atoms with Gasteiger partial charge < -0.3 is 14.8 Å². The molecule has 106 valence electrons. The van der Waals surface area contributed by atoms with Crippen LogP contribution in [0, 0.1) is 5.41 Å². The summed E-state index contributed by atoms with van der Waals surface area (Å²) in [6.45, 7) is 8.88. The molecule has 1 spiro atoms. The molecule has 1 N–H and O–H groups in total. The van der Waals surface area contributed by atoms with Gasteiger partial charge in [0.05, 0.1) is 12.7 Å². The van der Waals surface area contributed by atoms with Crippen LogP contribution in [0.4, 0.5) is 0 Å². The highest BCUT2D eigenvalue weighted by molar-refractivity contribution is 5.10. The van der Waals surface area contributed by atoms with E-state index in [4.69, 9.17) is 9.47 Å². The molecule has 0 bridgehead atoms. The third-order valence-corrected chi connectivity index (χ3v) is 4.74. The van der Waals surface area contributed by atoms with Crippen molar-refractivity contribution in [3.8, 4) is 0 Å². The minimum Gasteiger partial charge on any atom is -0.380 e. The van der Waals surface area contributed by atoms with Crippen LogP contribution in [0.15, 0.2) is 0 Å². The Hall–Kier alpha value is -0.120. The Kier molecular flexibility index (Phi) is 5.05. The van der Waals surface area contributed by atoms with E-state index in [1.54, 1.807) is 0 Å². The highest BCUT2D eigenvalue weighted by atomic mass is 16.5. The molecule has 0 heterocycles. The zero-order valence-corrected chi connectivity index (χ0v) is 12.2. The molecule has 3 atom stereocenters. The second kappa shape index (κ2) is 6.36. The van der Waals surface area contributed by atoms with Gasteiger partial charge in [-0.1, -0.05) is 12.8 Å². The van der Waals surface area contributed by atoms with Crippen LogP contribution in [-0.4, -0.2) is 38.0 Å². The number of hydrogen-bond acceptors (Lipinski definition) is 3. The molecule has 0 saturated heterocycles. The van der Waals surface area contributed by atoms with E-state index >= 15 is 0 Å². The number of nitrogens with one attached hydrogen (secondary N) is 1. The Morgan fingerprint density at radius 3 is 2.56 bits per heavy atom. The van der Waals surface area contributed by atoms with Crippen LogP contribution in [0.25, 0.3) is 0 Å². The van der Waals surface area contributed by atoms with Crippen molar-refractivity contribution in [1.29, 1.82) is 0 Å². The number of hydrogen-bond donors (Lipinski definition) is 1. The standard InChI is InChI=1S/C15H29NO2/c1-4-17-11-12(3)16-13-10-14(18-5-2)15(13)8-6-7-9-15/h12-14,16H,4-11H2,1-3H3. The molecule has 18 heavy (non-hydrogen) atoms. The molecule has 0 amide bonds. The molecule has 2 aliphatic rings. The molecule has 2 saturated carbocycles. The average Bonchev–Trinajstić information content (AvgIpc) is 2.87. The molecular weight excluding hydrogens is 226 g/mol. The Balaban J connectivity index is 1.85. The quantitative estimate of drug-likeness (QED) is 0.759. The summed E-state index contributed by atoms with van der Waals surface area (Å²) < 4.78 is 11.4. The molecule has 3 heteroatoms. The zero-order valence-electron chi connectivity index (χ0n) is 12.2. The molecule has 2 aliphatic carbocycles. The van der Waals surface area contributed by atoms with Crippen molar-refractivity contribution in [3.05, 3.63) is 0 Å². The van der Waals surface area contributed by atoms with Crippen molar-refractivity contribution in [2.75, 3.05) is 19.8 Å². The van der Waals surface area contributed by atoms with Crippen molar-refractivity contribution in [3.63, 3.8) is 0 Å². The molecule has 0 aromatic heterocycles. The van der Waals surface area contributed by atoms with Crippen molar-refractivity contribution >= 4 is 0 Å². The van der Waals surface area contributed by atoms with Crippen LogP contribution < -0.4 is 5.32 Å². The fourth-order valence-corrected chi connectivity index (χ4v) is 3.81. The van der Waals surface area contributed by atoms with Crippen molar-refractivity contribution in [2.24, 2.45) is 5.41 Å².